The van der Waals surface area contributed by atoms with Crippen LogP contribution in [-0.4, -0.2) is 28.4 Å². The van der Waals surface area contributed by atoms with Gasteiger partial charge in [0.25, 0.3) is 0 Å². The van der Waals surface area contributed by atoms with Crippen LogP contribution < -0.4 is 4.90 Å². The first kappa shape index (κ1) is 13.4. The van der Waals surface area contributed by atoms with Gasteiger partial charge in [0.15, 0.2) is 0 Å². The van der Waals surface area contributed by atoms with Crippen molar-refractivity contribution in [3.63, 3.8) is 0 Å². The number of rotatable bonds is 4. The highest BCUT2D eigenvalue weighted by Crippen LogP contribution is 2.17. The second-order valence-electron chi connectivity index (χ2n) is 4.54. The molecule has 0 saturated heterocycles. The van der Waals surface area contributed by atoms with E-state index in [2.05, 4.69) is 58.6 Å². The summed E-state index contributed by atoms with van der Waals surface area (Å²) in [5.74, 6) is 2.29. The van der Waals surface area contributed by atoms with Crippen LogP contribution in [0.25, 0.3) is 0 Å². The standard InChI is InChI=1S/C12H20BrN3/c1-8(2)12-14-10(4)6-11(15-12)16(5)7-9(3)13/h6,8-9H,7H2,1-5H3. The van der Waals surface area contributed by atoms with Crippen molar-refractivity contribution in [1.29, 1.82) is 0 Å². The van der Waals surface area contributed by atoms with E-state index in [1.165, 1.54) is 0 Å². The highest BCUT2D eigenvalue weighted by molar-refractivity contribution is 9.09. The lowest BCUT2D eigenvalue weighted by atomic mass is 10.2. The molecule has 1 aromatic heterocycles. The molecule has 0 N–H and O–H groups in total. The number of aryl methyl sites for hydroxylation is 1. The van der Waals surface area contributed by atoms with Gasteiger partial charge in [-0.05, 0) is 6.92 Å². The van der Waals surface area contributed by atoms with Crippen LogP contribution in [0.2, 0.25) is 0 Å². The Morgan fingerprint density at radius 3 is 2.44 bits per heavy atom. The van der Waals surface area contributed by atoms with Gasteiger partial charge in [0.05, 0.1) is 0 Å². The van der Waals surface area contributed by atoms with Gasteiger partial charge in [-0.1, -0.05) is 36.7 Å². The number of hydrogen-bond donors (Lipinski definition) is 0. The lowest BCUT2D eigenvalue weighted by Crippen LogP contribution is -2.25. The molecule has 90 valence electrons. The van der Waals surface area contributed by atoms with Crippen LogP contribution in [0.3, 0.4) is 0 Å². The number of nitrogens with zero attached hydrogens (tertiary/aromatic N) is 3. The van der Waals surface area contributed by atoms with E-state index in [9.17, 15) is 0 Å². The Kier molecular flexibility index (Phi) is 4.71. The third kappa shape index (κ3) is 3.74. The molecule has 1 atom stereocenters. The molecule has 0 spiro atoms. The molecule has 0 amide bonds. The topological polar surface area (TPSA) is 29.0 Å². The van der Waals surface area contributed by atoms with Crippen molar-refractivity contribution < 1.29 is 0 Å². The molecule has 0 radical (unpaired) electrons. The van der Waals surface area contributed by atoms with Crippen molar-refractivity contribution in [2.45, 2.75) is 38.4 Å². The summed E-state index contributed by atoms with van der Waals surface area (Å²) in [6, 6.07) is 2.03. The second kappa shape index (κ2) is 5.62. The Hall–Kier alpha value is -0.640. The van der Waals surface area contributed by atoms with Gasteiger partial charge in [-0.15, -0.1) is 0 Å². The fraction of sp³-hybridized carbons (Fsp3) is 0.667. The Morgan fingerprint density at radius 2 is 1.94 bits per heavy atom. The average Bonchev–Trinajstić information content (AvgIpc) is 2.15. The maximum absolute atomic E-state index is 4.58. The monoisotopic (exact) mass is 285 g/mol. The van der Waals surface area contributed by atoms with E-state index in [4.69, 9.17) is 0 Å². The van der Waals surface area contributed by atoms with Gasteiger partial charge in [-0.25, -0.2) is 9.97 Å². The largest absolute Gasteiger partial charge is 0.358 e. The Morgan fingerprint density at radius 1 is 1.31 bits per heavy atom. The first-order valence-electron chi connectivity index (χ1n) is 5.61. The van der Waals surface area contributed by atoms with Gasteiger partial charge in [-0.3, -0.25) is 0 Å². The van der Waals surface area contributed by atoms with E-state index >= 15 is 0 Å². The molecule has 0 aliphatic carbocycles. The molecule has 0 aliphatic rings. The summed E-state index contributed by atoms with van der Waals surface area (Å²) in [4.78, 5) is 11.6. The minimum Gasteiger partial charge on any atom is -0.358 e. The fourth-order valence-electron chi connectivity index (χ4n) is 1.50. The minimum absolute atomic E-state index is 0.369. The van der Waals surface area contributed by atoms with Crippen molar-refractivity contribution in [3.05, 3.63) is 17.6 Å². The van der Waals surface area contributed by atoms with E-state index in [1.54, 1.807) is 0 Å². The van der Waals surface area contributed by atoms with Gasteiger partial charge in [0, 0.05) is 36.1 Å². The van der Waals surface area contributed by atoms with E-state index in [0.29, 0.717) is 10.7 Å². The van der Waals surface area contributed by atoms with Crippen molar-refractivity contribution in [3.8, 4) is 0 Å². The highest BCUT2D eigenvalue weighted by Gasteiger charge is 2.10. The van der Waals surface area contributed by atoms with Gasteiger partial charge in [0.2, 0.25) is 0 Å². The van der Waals surface area contributed by atoms with Gasteiger partial charge in [0.1, 0.15) is 11.6 Å². The Labute approximate surface area is 106 Å². The summed E-state index contributed by atoms with van der Waals surface area (Å²) >= 11 is 3.55. The summed E-state index contributed by atoms with van der Waals surface area (Å²) in [7, 11) is 2.06. The van der Waals surface area contributed by atoms with Crippen molar-refractivity contribution in [1.82, 2.24) is 9.97 Å². The predicted molar refractivity (Wildman–Crippen MR) is 72.5 cm³/mol. The van der Waals surface area contributed by atoms with E-state index in [-0.39, 0.29) is 0 Å². The zero-order valence-electron chi connectivity index (χ0n) is 10.7. The molecule has 0 aromatic carbocycles. The van der Waals surface area contributed by atoms with Crippen LogP contribution in [0.4, 0.5) is 5.82 Å². The predicted octanol–water partition coefficient (Wildman–Crippen LogP) is 3.13. The molecule has 3 nitrogen and oxygen atoms in total. The molecule has 1 heterocycles. The van der Waals surface area contributed by atoms with Crippen LogP contribution in [0.15, 0.2) is 6.07 Å². The fourth-order valence-corrected chi connectivity index (χ4v) is 1.93. The SMILES string of the molecule is Cc1cc(N(C)CC(C)Br)nc(C(C)C)n1. The lowest BCUT2D eigenvalue weighted by Gasteiger charge is -2.21. The molecule has 0 saturated carbocycles. The van der Waals surface area contributed by atoms with Crippen molar-refractivity contribution in [2.24, 2.45) is 0 Å². The van der Waals surface area contributed by atoms with Gasteiger partial charge >= 0.3 is 0 Å². The molecule has 0 bridgehead atoms. The molecule has 4 heteroatoms. The van der Waals surface area contributed by atoms with Gasteiger partial charge < -0.3 is 4.90 Å². The first-order chi connectivity index (χ1) is 7.40. The maximum Gasteiger partial charge on any atom is 0.133 e. The summed E-state index contributed by atoms with van der Waals surface area (Å²) in [5, 5.41) is 0. The van der Waals surface area contributed by atoms with Crippen LogP contribution in [0.1, 0.15) is 38.2 Å². The third-order valence-corrected chi connectivity index (χ3v) is 2.58. The van der Waals surface area contributed by atoms with Crippen molar-refractivity contribution >= 4 is 21.7 Å². The summed E-state index contributed by atoms with van der Waals surface area (Å²) in [6.45, 7) is 9.32. The number of halogens is 1. The molecule has 1 rings (SSSR count). The first-order valence-corrected chi connectivity index (χ1v) is 6.52. The highest BCUT2D eigenvalue weighted by atomic mass is 79.9. The number of anilines is 1. The number of aromatic nitrogens is 2. The lowest BCUT2D eigenvalue weighted by molar-refractivity contribution is 0.753. The van der Waals surface area contributed by atoms with Crippen LogP contribution >= 0.6 is 15.9 Å². The Bertz CT molecular complexity index is 350. The van der Waals surface area contributed by atoms with E-state index in [0.717, 1.165) is 23.9 Å². The molecule has 1 aromatic rings. The van der Waals surface area contributed by atoms with Crippen molar-refractivity contribution in [2.75, 3.05) is 18.5 Å². The average molecular weight is 286 g/mol. The minimum atomic E-state index is 0.369. The smallest absolute Gasteiger partial charge is 0.133 e. The second-order valence-corrected chi connectivity index (χ2v) is 6.10. The number of hydrogen-bond acceptors (Lipinski definition) is 3. The van der Waals surface area contributed by atoms with Crippen LogP contribution in [0, 0.1) is 6.92 Å². The Balaban J connectivity index is 2.95. The molecule has 16 heavy (non-hydrogen) atoms. The maximum atomic E-state index is 4.58. The van der Waals surface area contributed by atoms with Crippen LogP contribution in [0.5, 0.6) is 0 Å². The summed E-state index contributed by atoms with van der Waals surface area (Å²) in [5.41, 5.74) is 1.03. The molecule has 1 unspecified atom stereocenters. The third-order valence-electron chi connectivity index (χ3n) is 2.29. The summed E-state index contributed by atoms with van der Waals surface area (Å²) < 4.78 is 0. The van der Waals surface area contributed by atoms with E-state index < -0.39 is 0 Å². The molecular weight excluding hydrogens is 266 g/mol. The normalized spacial score (nSPS) is 12.9. The molecule has 0 fully saturated rings. The molecule has 0 aliphatic heterocycles. The number of alkyl halides is 1. The zero-order valence-corrected chi connectivity index (χ0v) is 12.2. The molecular formula is C12H20BrN3. The summed E-state index contributed by atoms with van der Waals surface area (Å²) in [6.07, 6.45) is 0. The zero-order chi connectivity index (χ0) is 12.3. The van der Waals surface area contributed by atoms with E-state index in [1.807, 2.05) is 13.0 Å². The quantitative estimate of drug-likeness (QED) is 0.796. The van der Waals surface area contributed by atoms with Gasteiger partial charge in [-0.2, -0.15) is 0 Å². The van der Waals surface area contributed by atoms with Crippen LogP contribution in [-0.2, 0) is 0 Å².